The fraction of sp³-hybridized carbons (Fsp3) is 0.274. The number of esters is 2. The fourth-order valence-corrected chi connectivity index (χ4v) is 10.5. The number of carboxylic acid groups (broad SMARTS) is 1. The van der Waals surface area contributed by atoms with Crippen molar-refractivity contribution in [3.05, 3.63) is 291 Å². The molecular weight excluding hydrogens is 1190 g/mol. The van der Waals surface area contributed by atoms with Crippen molar-refractivity contribution < 1.29 is 38.6 Å². The van der Waals surface area contributed by atoms with Crippen LogP contribution in [0.3, 0.4) is 0 Å². The summed E-state index contributed by atoms with van der Waals surface area (Å²) in [7, 11) is 2.80. The third-order valence-electron chi connectivity index (χ3n) is 16.0. The minimum atomic E-state index is -0.742. The second-order valence-corrected chi connectivity index (χ2v) is 24.5. The van der Waals surface area contributed by atoms with Gasteiger partial charge in [0.1, 0.15) is 0 Å². The van der Waals surface area contributed by atoms with Crippen molar-refractivity contribution in [1.82, 2.24) is 9.97 Å². The number of carbonyl (C=O) groups excluding carboxylic acids is 4. The number of fused-ring (bicyclic) bond motifs is 2. The molecule has 8 aromatic carbocycles. The number of hydrogen-bond donors (Lipinski definition) is 3. The van der Waals surface area contributed by atoms with Gasteiger partial charge in [-0.1, -0.05) is 237 Å². The minimum absolute atomic E-state index is 0.0113. The monoisotopic (exact) mass is 1290 g/mol. The molecule has 0 aliphatic heterocycles. The number of rotatable bonds is 18. The Morgan fingerprint density at radius 1 is 0.448 bits per heavy atom. The van der Waals surface area contributed by atoms with Gasteiger partial charge in [0, 0.05) is 47.8 Å². The summed E-state index contributed by atoms with van der Waals surface area (Å²) in [6, 6.07) is 69.0. The molecular formula is C84H96N4O8. The molecule has 10 aromatic rings. The Balaban J connectivity index is 0.000000214. The number of hydrogen-bond acceptors (Lipinski definition) is 10. The quantitative estimate of drug-likeness (QED) is 0.0424. The molecule has 10 rings (SSSR count). The maximum Gasteiger partial charge on any atom is 0.330 e. The topological polar surface area (TPSA) is 174 Å². The highest BCUT2D eigenvalue weighted by Gasteiger charge is 2.15. The predicted molar refractivity (Wildman–Crippen MR) is 395 cm³/mol. The first-order valence-electron chi connectivity index (χ1n) is 32.6. The lowest BCUT2D eigenvalue weighted by Crippen LogP contribution is -2.14. The van der Waals surface area contributed by atoms with Gasteiger partial charge in [-0.05, 0) is 149 Å². The Hall–Kier alpha value is -10.3. The van der Waals surface area contributed by atoms with Crippen LogP contribution in [-0.2, 0) is 28.7 Å². The SMILES string of the molecule is CC(=O)c1cccc(C)c1.COC(=O)/C=C(\C)c1cccc(C)c1.COC(=O)CC(C)c1cccc(C)c1.Cc1cccc(C(C)CC(=O)Nc2cccc3cccnc23)c1.Cc1cccc(C(C)CC(=O)O)c1.Cc1cccc(C(C)CCNc2cccc3cccnc23)c1. The highest BCUT2D eigenvalue weighted by molar-refractivity contribution is 6.00. The van der Waals surface area contributed by atoms with Gasteiger partial charge in [-0.15, -0.1) is 0 Å². The minimum Gasteiger partial charge on any atom is -0.481 e. The number of pyridine rings is 2. The van der Waals surface area contributed by atoms with E-state index in [0.717, 1.165) is 68.6 Å². The molecule has 96 heavy (non-hydrogen) atoms. The van der Waals surface area contributed by atoms with Crippen LogP contribution in [0.2, 0.25) is 0 Å². The molecule has 0 radical (unpaired) electrons. The zero-order valence-electron chi connectivity index (χ0n) is 58.4. The summed E-state index contributed by atoms with van der Waals surface area (Å²) in [4.78, 5) is 64.5. The Morgan fingerprint density at radius 2 is 0.833 bits per heavy atom. The van der Waals surface area contributed by atoms with E-state index >= 15 is 0 Å². The van der Waals surface area contributed by atoms with Gasteiger partial charge in [-0.3, -0.25) is 29.1 Å². The van der Waals surface area contributed by atoms with E-state index in [1.165, 1.54) is 70.2 Å². The first-order valence-corrected chi connectivity index (χ1v) is 32.6. The van der Waals surface area contributed by atoms with E-state index in [4.69, 9.17) is 5.11 Å². The van der Waals surface area contributed by atoms with E-state index in [1.807, 2.05) is 188 Å². The van der Waals surface area contributed by atoms with Gasteiger partial charge >= 0.3 is 17.9 Å². The second kappa shape index (κ2) is 40.0. The molecule has 12 heteroatoms. The predicted octanol–water partition coefficient (Wildman–Crippen LogP) is 19.8. The number of para-hydroxylation sites is 2. The second-order valence-electron chi connectivity index (χ2n) is 24.5. The van der Waals surface area contributed by atoms with E-state index in [9.17, 15) is 24.0 Å². The lowest BCUT2D eigenvalue weighted by molar-refractivity contribution is -0.141. The zero-order valence-corrected chi connectivity index (χ0v) is 58.4. The number of Topliss-reactive ketones (excluding diaryl/α,β-unsaturated/α-hetero) is 1. The van der Waals surface area contributed by atoms with Crippen molar-refractivity contribution in [1.29, 1.82) is 0 Å². The molecule has 500 valence electrons. The average molecular weight is 1290 g/mol. The van der Waals surface area contributed by atoms with Gasteiger partial charge in [-0.25, -0.2) is 4.79 Å². The van der Waals surface area contributed by atoms with Gasteiger partial charge in [-0.2, -0.15) is 0 Å². The number of methoxy groups -OCH3 is 2. The molecule has 0 aliphatic rings. The van der Waals surface area contributed by atoms with Crippen molar-refractivity contribution in [2.75, 3.05) is 31.4 Å². The maximum absolute atomic E-state index is 12.4. The summed E-state index contributed by atoms with van der Waals surface area (Å²) in [6.45, 7) is 25.0. The number of nitrogens with zero attached hydrogens (tertiary/aromatic N) is 2. The molecule has 0 spiro atoms. The number of ketones is 1. The first kappa shape index (κ1) is 76.4. The van der Waals surface area contributed by atoms with Crippen LogP contribution in [0.15, 0.2) is 225 Å². The Morgan fingerprint density at radius 3 is 1.26 bits per heavy atom. The summed E-state index contributed by atoms with van der Waals surface area (Å²) >= 11 is 0. The number of aliphatic carboxylic acids is 1. The molecule has 4 atom stereocenters. The van der Waals surface area contributed by atoms with E-state index < -0.39 is 5.97 Å². The number of carbonyl (C=O) groups is 5. The molecule has 2 aromatic heterocycles. The molecule has 4 unspecified atom stereocenters. The number of amides is 1. The summed E-state index contributed by atoms with van der Waals surface area (Å²) in [5.74, 6) is -0.0224. The largest absolute Gasteiger partial charge is 0.481 e. The number of ether oxygens (including phenoxy) is 2. The number of anilines is 2. The first-order chi connectivity index (χ1) is 45.9. The van der Waals surface area contributed by atoms with Crippen molar-refractivity contribution >= 4 is 68.4 Å². The Labute approximate surface area is 569 Å². The molecule has 0 saturated carbocycles. The van der Waals surface area contributed by atoms with E-state index in [2.05, 4.69) is 131 Å². The van der Waals surface area contributed by atoms with Crippen molar-refractivity contribution in [2.45, 2.75) is 132 Å². The third kappa shape index (κ3) is 26.9. The molecule has 2 heterocycles. The van der Waals surface area contributed by atoms with Crippen molar-refractivity contribution in [2.24, 2.45) is 0 Å². The van der Waals surface area contributed by atoms with Crippen molar-refractivity contribution in [3.8, 4) is 0 Å². The summed E-state index contributed by atoms with van der Waals surface area (Å²) in [5.41, 5.74) is 18.7. The van der Waals surface area contributed by atoms with Gasteiger partial charge in [0.2, 0.25) is 5.91 Å². The van der Waals surface area contributed by atoms with Crippen LogP contribution in [0, 0.1) is 41.5 Å². The molecule has 0 fully saturated rings. The molecule has 12 nitrogen and oxygen atoms in total. The number of carboxylic acids is 1. The van der Waals surface area contributed by atoms with Gasteiger partial charge in [0.05, 0.1) is 49.5 Å². The van der Waals surface area contributed by atoms with E-state index in [0.29, 0.717) is 18.8 Å². The number of nitrogens with one attached hydrogen (secondary N) is 2. The standard InChI is InChI=1S/C20H20N2O.C20H22N2.C12H16O2.C12H14O2.C11H14O2.C9H10O/c1-14-6-3-8-17(12-14)15(2)13-19(23)22-18-10-4-7-16-9-5-11-21-20(16)18;1-15-6-3-8-18(14-15)16(2)11-13-21-19-10-4-7-17-9-5-12-22-20(17)19;2*1-9-5-4-6-11(7-9)10(2)8-12(13)14-3;1-8-4-3-5-10(6-8)9(2)7-11(12)13;1-7-4-3-5-9(6-7)8(2)10/h3-12,15H,13H2,1-2H3,(H,22,23);3-10,12,14,16,21H,11,13H2,1-2H3;4-7,10H,8H2,1-3H3;4-8H,1-3H3;3-6,9H,7H2,1-2H3,(H,12,13);3-6H,1-2H3/b;;;10-8+;;. The van der Waals surface area contributed by atoms with Crippen LogP contribution in [0.1, 0.15) is 162 Å². The Bertz CT molecular complexity index is 4160. The highest BCUT2D eigenvalue weighted by Crippen LogP contribution is 2.27. The van der Waals surface area contributed by atoms with Crippen molar-refractivity contribution in [3.63, 3.8) is 0 Å². The molecule has 0 bridgehead atoms. The third-order valence-corrected chi connectivity index (χ3v) is 16.0. The lowest BCUT2D eigenvalue weighted by Gasteiger charge is -2.14. The molecule has 0 saturated heterocycles. The summed E-state index contributed by atoms with van der Waals surface area (Å²) < 4.78 is 9.19. The summed E-state index contributed by atoms with van der Waals surface area (Å²) in [6.07, 6.45) is 7.29. The summed E-state index contributed by atoms with van der Waals surface area (Å²) in [5, 5.41) is 17.4. The van der Waals surface area contributed by atoms with Crippen LogP contribution in [0.4, 0.5) is 11.4 Å². The molecule has 3 N–H and O–H groups in total. The number of allylic oxidation sites excluding steroid dienone is 1. The van der Waals surface area contributed by atoms with Crippen LogP contribution < -0.4 is 10.6 Å². The fourth-order valence-electron chi connectivity index (χ4n) is 10.5. The average Bonchev–Trinajstić information content (AvgIpc) is 0.888. The number of benzene rings is 8. The van der Waals surface area contributed by atoms with Crippen LogP contribution in [0.25, 0.3) is 27.4 Å². The van der Waals surface area contributed by atoms with Gasteiger partial charge in [0.15, 0.2) is 5.78 Å². The zero-order chi connectivity index (χ0) is 70.1. The van der Waals surface area contributed by atoms with E-state index in [1.54, 1.807) is 13.1 Å². The van der Waals surface area contributed by atoms with Crippen LogP contribution >= 0.6 is 0 Å². The van der Waals surface area contributed by atoms with Gasteiger partial charge in [0.25, 0.3) is 0 Å². The number of aryl methyl sites for hydroxylation is 6. The van der Waals surface area contributed by atoms with Crippen LogP contribution in [-0.4, -0.2) is 65.4 Å². The molecule has 1 amide bonds. The van der Waals surface area contributed by atoms with Gasteiger partial charge < -0.3 is 25.2 Å². The maximum atomic E-state index is 12.4. The smallest absolute Gasteiger partial charge is 0.330 e. The number of aromatic nitrogens is 2. The van der Waals surface area contributed by atoms with Crippen LogP contribution in [0.5, 0.6) is 0 Å². The lowest BCUT2D eigenvalue weighted by atomic mass is 9.96. The normalized spacial score (nSPS) is 11.8. The van der Waals surface area contributed by atoms with E-state index in [-0.39, 0.29) is 47.8 Å². The highest BCUT2D eigenvalue weighted by atomic mass is 16.5. The Kier molecular flexibility index (Phi) is 31.9. The molecule has 0 aliphatic carbocycles.